The van der Waals surface area contributed by atoms with E-state index in [0.29, 0.717) is 26.4 Å². The molecule has 1 aromatic carbocycles. The van der Waals surface area contributed by atoms with Gasteiger partial charge in [-0.3, -0.25) is 4.79 Å². The van der Waals surface area contributed by atoms with E-state index in [0.717, 1.165) is 0 Å². The second kappa shape index (κ2) is 13.4. The normalized spacial score (nSPS) is 11.3. The van der Waals surface area contributed by atoms with Crippen molar-refractivity contribution in [2.45, 2.75) is 26.4 Å². The van der Waals surface area contributed by atoms with Gasteiger partial charge in [0.05, 0.1) is 58.8 Å². The van der Waals surface area contributed by atoms with Crippen LogP contribution in [-0.4, -0.2) is 58.3 Å². The van der Waals surface area contributed by atoms with E-state index in [1.807, 2.05) is 13.8 Å². The van der Waals surface area contributed by atoms with Crippen LogP contribution in [0.2, 0.25) is 0 Å². The zero-order valence-electron chi connectivity index (χ0n) is 16.1. The van der Waals surface area contributed by atoms with Gasteiger partial charge < -0.3 is 23.7 Å². The number of carbonyl (C=O) groups is 1. The van der Waals surface area contributed by atoms with Crippen molar-refractivity contribution >= 4 is 5.97 Å². The lowest BCUT2D eigenvalue weighted by Gasteiger charge is -2.09. The predicted octanol–water partition coefficient (Wildman–Crippen LogP) is 3.15. The Morgan fingerprint density at radius 1 is 0.690 bits per heavy atom. The van der Waals surface area contributed by atoms with Crippen molar-refractivity contribution in [1.29, 1.82) is 0 Å². The minimum Gasteiger partial charge on any atom is -0.420 e. The SMILES string of the molecule is CC(C)OCCOCCOCCOCCC(=O)Oc1c(F)c(F)c(F)c(F)c1F. The highest BCUT2D eigenvalue weighted by Gasteiger charge is 2.28. The van der Waals surface area contributed by atoms with Gasteiger partial charge in [0, 0.05) is 0 Å². The molecule has 0 spiro atoms. The summed E-state index contributed by atoms with van der Waals surface area (Å²) in [5.41, 5.74) is 0. The van der Waals surface area contributed by atoms with E-state index in [9.17, 15) is 26.7 Å². The maximum absolute atomic E-state index is 13.4. The lowest BCUT2D eigenvalue weighted by Crippen LogP contribution is -2.16. The number of esters is 1. The van der Waals surface area contributed by atoms with Gasteiger partial charge in [0.1, 0.15) is 0 Å². The van der Waals surface area contributed by atoms with E-state index in [2.05, 4.69) is 4.74 Å². The topological polar surface area (TPSA) is 63.2 Å². The molecule has 0 saturated carbocycles. The molecule has 6 nitrogen and oxygen atoms in total. The summed E-state index contributed by atoms with van der Waals surface area (Å²) in [6.45, 7) is 5.60. The fraction of sp³-hybridized carbons (Fsp3) is 0.611. The number of rotatable bonds is 14. The van der Waals surface area contributed by atoms with Crippen molar-refractivity contribution in [1.82, 2.24) is 0 Å². The van der Waals surface area contributed by atoms with Gasteiger partial charge >= 0.3 is 5.97 Å². The van der Waals surface area contributed by atoms with Crippen LogP contribution in [0.1, 0.15) is 20.3 Å². The first-order chi connectivity index (χ1) is 13.8. The molecule has 0 unspecified atom stereocenters. The number of hydrogen-bond donors (Lipinski definition) is 0. The summed E-state index contributed by atoms with van der Waals surface area (Å²) in [6, 6.07) is 0. The van der Waals surface area contributed by atoms with Crippen molar-refractivity contribution in [3.63, 3.8) is 0 Å². The van der Waals surface area contributed by atoms with Crippen molar-refractivity contribution < 1.29 is 50.4 Å². The molecule has 0 saturated heterocycles. The Balaban J connectivity index is 2.14. The van der Waals surface area contributed by atoms with Gasteiger partial charge in [-0.2, -0.15) is 8.78 Å². The molecule has 1 rings (SSSR count). The fourth-order valence-electron chi connectivity index (χ4n) is 1.88. The second-order valence-corrected chi connectivity index (χ2v) is 5.88. The Morgan fingerprint density at radius 2 is 1.10 bits per heavy atom. The third-order valence-corrected chi connectivity index (χ3v) is 3.26. The molecule has 0 heterocycles. The molecular weight excluding hydrogens is 407 g/mol. The van der Waals surface area contributed by atoms with Crippen LogP contribution in [0.5, 0.6) is 5.75 Å². The van der Waals surface area contributed by atoms with Gasteiger partial charge in [-0.05, 0) is 13.8 Å². The Bertz CT molecular complexity index is 627. The first-order valence-corrected chi connectivity index (χ1v) is 8.82. The zero-order valence-corrected chi connectivity index (χ0v) is 16.1. The molecule has 166 valence electrons. The highest BCUT2D eigenvalue weighted by molar-refractivity contribution is 5.72. The van der Waals surface area contributed by atoms with Gasteiger partial charge in [0.2, 0.25) is 34.8 Å². The van der Waals surface area contributed by atoms with Gasteiger partial charge in [0.15, 0.2) is 0 Å². The molecule has 0 fully saturated rings. The average molecular weight is 430 g/mol. The van der Waals surface area contributed by atoms with Crippen molar-refractivity contribution in [2.24, 2.45) is 0 Å². The van der Waals surface area contributed by atoms with Crippen LogP contribution >= 0.6 is 0 Å². The monoisotopic (exact) mass is 430 g/mol. The average Bonchev–Trinajstić information content (AvgIpc) is 2.68. The summed E-state index contributed by atoms with van der Waals surface area (Å²) < 4.78 is 90.8. The molecule has 0 N–H and O–H groups in total. The van der Waals surface area contributed by atoms with Crippen LogP contribution < -0.4 is 4.74 Å². The second-order valence-electron chi connectivity index (χ2n) is 5.88. The Morgan fingerprint density at radius 3 is 1.59 bits per heavy atom. The summed E-state index contributed by atoms with van der Waals surface area (Å²) in [5.74, 6) is -14.0. The smallest absolute Gasteiger partial charge is 0.313 e. The summed E-state index contributed by atoms with van der Waals surface area (Å²) >= 11 is 0. The lowest BCUT2D eigenvalue weighted by atomic mass is 10.2. The molecule has 0 aromatic heterocycles. The molecule has 0 aliphatic heterocycles. The van der Waals surface area contributed by atoms with E-state index < -0.39 is 47.2 Å². The van der Waals surface area contributed by atoms with Gasteiger partial charge in [-0.1, -0.05) is 0 Å². The lowest BCUT2D eigenvalue weighted by molar-refractivity contribution is -0.136. The molecule has 11 heteroatoms. The molecule has 1 aromatic rings. The number of benzene rings is 1. The molecule has 0 atom stereocenters. The van der Waals surface area contributed by atoms with Crippen LogP contribution in [0.25, 0.3) is 0 Å². The summed E-state index contributed by atoms with van der Waals surface area (Å²) in [7, 11) is 0. The van der Waals surface area contributed by atoms with Gasteiger partial charge in [-0.15, -0.1) is 0 Å². The van der Waals surface area contributed by atoms with Crippen LogP contribution in [0.4, 0.5) is 22.0 Å². The third kappa shape index (κ3) is 9.03. The molecule has 0 radical (unpaired) electrons. The summed E-state index contributed by atoms with van der Waals surface area (Å²) in [6.07, 6.45) is -0.321. The van der Waals surface area contributed by atoms with Gasteiger partial charge in [-0.25, -0.2) is 13.2 Å². The van der Waals surface area contributed by atoms with E-state index in [-0.39, 0.29) is 25.9 Å². The number of hydrogen-bond acceptors (Lipinski definition) is 6. The number of ether oxygens (including phenoxy) is 5. The van der Waals surface area contributed by atoms with E-state index in [1.165, 1.54) is 0 Å². The predicted molar refractivity (Wildman–Crippen MR) is 90.0 cm³/mol. The first kappa shape index (κ1) is 25.2. The van der Waals surface area contributed by atoms with Crippen LogP contribution in [0.15, 0.2) is 0 Å². The molecule has 0 aliphatic rings. The highest BCUT2D eigenvalue weighted by atomic mass is 19.2. The Kier molecular flexibility index (Phi) is 11.7. The quantitative estimate of drug-likeness (QED) is 0.113. The molecule has 0 aliphatic carbocycles. The maximum atomic E-state index is 13.4. The van der Waals surface area contributed by atoms with E-state index in [1.54, 1.807) is 0 Å². The van der Waals surface area contributed by atoms with Crippen molar-refractivity contribution in [2.75, 3.05) is 46.2 Å². The molecule has 0 amide bonds. The van der Waals surface area contributed by atoms with Crippen LogP contribution in [-0.2, 0) is 23.7 Å². The van der Waals surface area contributed by atoms with Crippen LogP contribution in [0.3, 0.4) is 0 Å². The van der Waals surface area contributed by atoms with Crippen molar-refractivity contribution in [3.8, 4) is 5.75 Å². The summed E-state index contributed by atoms with van der Waals surface area (Å²) in [5, 5.41) is 0. The maximum Gasteiger partial charge on any atom is 0.313 e. The minimum atomic E-state index is -2.34. The van der Waals surface area contributed by atoms with E-state index >= 15 is 0 Å². The van der Waals surface area contributed by atoms with Gasteiger partial charge in [0.25, 0.3) is 0 Å². The molecular formula is C18H23F5O6. The number of halogens is 5. The highest BCUT2D eigenvalue weighted by Crippen LogP contribution is 2.29. The Labute approximate surface area is 164 Å². The standard InChI is InChI=1S/C18H23F5O6/c1-11(2)28-10-9-27-8-7-26-6-5-25-4-3-12(24)29-18-16(22)14(20)13(19)15(21)17(18)23/h11H,3-10H2,1-2H3. The third-order valence-electron chi connectivity index (χ3n) is 3.26. The fourth-order valence-corrected chi connectivity index (χ4v) is 1.88. The van der Waals surface area contributed by atoms with E-state index in [4.69, 9.17) is 18.9 Å². The zero-order chi connectivity index (χ0) is 21.8. The van der Waals surface area contributed by atoms with Crippen molar-refractivity contribution in [3.05, 3.63) is 29.1 Å². The molecule has 0 bridgehead atoms. The first-order valence-electron chi connectivity index (χ1n) is 8.82. The Hall–Kier alpha value is -1.82. The summed E-state index contributed by atoms with van der Waals surface area (Å²) in [4.78, 5) is 11.5. The minimum absolute atomic E-state index is 0.117. The molecule has 29 heavy (non-hydrogen) atoms. The number of carbonyl (C=O) groups excluding carboxylic acids is 1. The van der Waals surface area contributed by atoms with Crippen LogP contribution in [0, 0.1) is 29.1 Å². The largest absolute Gasteiger partial charge is 0.420 e.